The second-order valence-corrected chi connectivity index (χ2v) is 5.06. The molecule has 5 heteroatoms. The SMILES string of the molecule is NC1(C(=O)N2C[C@@H](O)[C@@H](O)C2)CCCCC1. The average Bonchev–Trinajstić information content (AvgIpc) is 2.59. The lowest BCUT2D eigenvalue weighted by Crippen LogP contribution is -2.56. The molecule has 1 saturated heterocycles. The van der Waals surface area contributed by atoms with Crippen molar-refractivity contribution in [2.24, 2.45) is 5.73 Å². The van der Waals surface area contributed by atoms with E-state index in [0.717, 1.165) is 19.3 Å². The first-order valence-corrected chi connectivity index (χ1v) is 5.97. The van der Waals surface area contributed by atoms with Crippen molar-refractivity contribution in [3.63, 3.8) is 0 Å². The molecule has 0 bridgehead atoms. The maximum absolute atomic E-state index is 12.2. The molecule has 0 aromatic carbocycles. The number of nitrogens with two attached hydrogens (primary N) is 1. The Kier molecular flexibility index (Phi) is 3.19. The first-order valence-electron chi connectivity index (χ1n) is 5.97. The third-order valence-corrected chi connectivity index (χ3v) is 3.72. The largest absolute Gasteiger partial charge is 0.388 e. The van der Waals surface area contributed by atoms with E-state index in [1.807, 2.05) is 0 Å². The molecule has 0 aromatic rings. The summed E-state index contributed by atoms with van der Waals surface area (Å²) in [6.07, 6.45) is 2.90. The minimum atomic E-state index is -0.823. The van der Waals surface area contributed by atoms with Gasteiger partial charge in [-0.3, -0.25) is 4.79 Å². The summed E-state index contributed by atoms with van der Waals surface area (Å²) >= 11 is 0. The Morgan fingerprint density at radius 1 is 1.12 bits per heavy atom. The smallest absolute Gasteiger partial charge is 0.242 e. The summed E-state index contributed by atoms with van der Waals surface area (Å²) < 4.78 is 0. The van der Waals surface area contributed by atoms with Gasteiger partial charge in [-0.25, -0.2) is 0 Å². The molecule has 16 heavy (non-hydrogen) atoms. The summed E-state index contributed by atoms with van der Waals surface area (Å²) in [7, 11) is 0. The van der Waals surface area contributed by atoms with Crippen LogP contribution in [0.15, 0.2) is 0 Å². The molecule has 0 unspecified atom stereocenters. The maximum atomic E-state index is 12.2. The van der Waals surface area contributed by atoms with Gasteiger partial charge in [-0.05, 0) is 12.8 Å². The predicted octanol–water partition coefficient (Wildman–Crippen LogP) is -0.788. The molecule has 2 fully saturated rings. The Hall–Kier alpha value is -0.650. The van der Waals surface area contributed by atoms with E-state index < -0.39 is 17.7 Å². The van der Waals surface area contributed by atoms with Gasteiger partial charge >= 0.3 is 0 Å². The predicted molar refractivity (Wildman–Crippen MR) is 58.6 cm³/mol. The molecule has 2 atom stereocenters. The van der Waals surface area contributed by atoms with Crippen LogP contribution in [0.4, 0.5) is 0 Å². The van der Waals surface area contributed by atoms with Crippen molar-refractivity contribution in [3.8, 4) is 0 Å². The first-order chi connectivity index (χ1) is 7.53. The van der Waals surface area contributed by atoms with E-state index in [1.54, 1.807) is 0 Å². The molecular formula is C11H20N2O3. The quantitative estimate of drug-likeness (QED) is 0.549. The second-order valence-electron chi connectivity index (χ2n) is 5.06. The summed E-state index contributed by atoms with van der Waals surface area (Å²) in [5.41, 5.74) is 5.36. The summed E-state index contributed by atoms with van der Waals surface area (Å²) in [5.74, 6) is -0.109. The summed E-state index contributed by atoms with van der Waals surface area (Å²) in [6, 6.07) is 0. The molecule has 1 aliphatic heterocycles. The maximum Gasteiger partial charge on any atom is 0.242 e. The normalized spacial score (nSPS) is 34.1. The van der Waals surface area contributed by atoms with E-state index in [0.29, 0.717) is 12.8 Å². The minimum Gasteiger partial charge on any atom is -0.388 e. The van der Waals surface area contributed by atoms with Crippen molar-refractivity contribution < 1.29 is 15.0 Å². The molecule has 1 saturated carbocycles. The zero-order chi connectivity index (χ0) is 11.8. The lowest BCUT2D eigenvalue weighted by atomic mass is 9.81. The van der Waals surface area contributed by atoms with Gasteiger partial charge in [0.25, 0.3) is 0 Å². The number of aliphatic hydroxyl groups excluding tert-OH is 2. The van der Waals surface area contributed by atoms with Crippen LogP contribution in [0.1, 0.15) is 32.1 Å². The van der Waals surface area contributed by atoms with Crippen LogP contribution < -0.4 is 5.73 Å². The summed E-state index contributed by atoms with van der Waals surface area (Å²) in [5, 5.41) is 18.8. The van der Waals surface area contributed by atoms with Gasteiger partial charge < -0.3 is 20.8 Å². The van der Waals surface area contributed by atoms with Crippen molar-refractivity contribution in [1.82, 2.24) is 4.90 Å². The number of hydrogen-bond donors (Lipinski definition) is 3. The molecule has 2 aliphatic rings. The fourth-order valence-electron chi connectivity index (χ4n) is 2.65. The molecule has 0 radical (unpaired) electrons. The van der Waals surface area contributed by atoms with E-state index in [4.69, 9.17) is 5.73 Å². The van der Waals surface area contributed by atoms with Crippen LogP contribution in [-0.2, 0) is 4.79 Å². The molecule has 0 spiro atoms. The van der Waals surface area contributed by atoms with Crippen LogP contribution in [0.5, 0.6) is 0 Å². The molecule has 2 rings (SSSR count). The Labute approximate surface area is 95.2 Å². The molecule has 1 aliphatic carbocycles. The van der Waals surface area contributed by atoms with Gasteiger partial charge in [0, 0.05) is 13.1 Å². The van der Waals surface area contributed by atoms with Gasteiger partial charge in [-0.2, -0.15) is 0 Å². The second kappa shape index (κ2) is 4.31. The van der Waals surface area contributed by atoms with Crippen LogP contribution >= 0.6 is 0 Å². The fourth-order valence-corrected chi connectivity index (χ4v) is 2.65. The number of rotatable bonds is 1. The highest BCUT2D eigenvalue weighted by atomic mass is 16.3. The molecule has 4 N–H and O–H groups in total. The van der Waals surface area contributed by atoms with Crippen molar-refractivity contribution in [1.29, 1.82) is 0 Å². The minimum absolute atomic E-state index is 0.109. The fraction of sp³-hybridized carbons (Fsp3) is 0.909. The molecular weight excluding hydrogens is 208 g/mol. The van der Waals surface area contributed by atoms with Gasteiger partial charge in [0.15, 0.2) is 0 Å². The number of carbonyl (C=O) groups is 1. The van der Waals surface area contributed by atoms with Crippen LogP contribution in [0.2, 0.25) is 0 Å². The topological polar surface area (TPSA) is 86.8 Å². The van der Waals surface area contributed by atoms with E-state index in [-0.39, 0.29) is 19.0 Å². The number of β-amino-alcohol motifs (C(OH)–C–C–N with tert-alkyl or cyclic N) is 2. The van der Waals surface area contributed by atoms with E-state index in [1.165, 1.54) is 4.90 Å². The third-order valence-electron chi connectivity index (χ3n) is 3.72. The van der Waals surface area contributed by atoms with Crippen LogP contribution in [-0.4, -0.2) is 51.9 Å². The summed E-state index contributed by atoms with van der Waals surface area (Å²) in [4.78, 5) is 13.7. The zero-order valence-corrected chi connectivity index (χ0v) is 9.43. The highest BCUT2D eigenvalue weighted by molar-refractivity contribution is 5.86. The molecule has 92 valence electrons. The monoisotopic (exact) mass is 228 g/mol. The number of nitrogens with zero attached hydrogens (tertiary/aromatic N) is 1. The van der Waals surface area contributed by atoms with Gasteiger partial charge in [0.1, 0.15) is 0 Å². The highest BCUT2D eigenvalue weighted by Crippen LogP contribution is 2.28. The molecule has 1 heterocycles. The molecule has 1 amide bonds. The standard InChI is InChI=1S/C11H20N2O3/c12-11(4-2-1-3-5-11)10(16)13-6-8(14)9(15)7-13/h8-9,14-15H,1-7,12H2/t8-,9+. The van der Waals surface area contributed by atoms with E-state index in [9.17, 15) is 15.0 Å². The van der Waals surface area contributed by atoms with Crippen molar-refractivity contribution in [2.45, 2.75) is 49.9 Å². The van der Waals surface area contributed by atoms with Gasteiger partial charge in [-0.1, -0.05) is 19.3 Å². The van der Waals surface area contributed by atoms with E-state index in [2.05, 4.69) is 0 Å². The van der Waals surface area contributed by atoms with Gasteiger partial charge in [-0.15, -0.1) is 0 Å². The molecule has 0 aromatic heterocycles. The van der Waals surface area contributed by atoms with Crippen molar-refractivity contribution in [2.75, 3.05) is 13.1 Å². The Morgan fingerprint density at radius 3 is 2.12 bits per heavy atom. The number of carbonyl (C=O) groups excluding carboxylic acids is 1. The highest BCUT2D eigenvalue weighted by Gasteiger charge is 2.42. The average molecular weight is 228 g/mol. The summed E-state index contributed by atoms with van der Waals surface area (Å²) in [6.45, 7) is 0.415. The van der Waals surface area contributed by atoms with E-state index >= 15 is 0 Å². The van der Waals surface area contributed by atoms with Gasteiger partial charge in [0.05, 0.1) is 17.7 Å². The number of likely N-dealkylation sites (tertiary alicyclic amines) is 1. The number of aliphatic hydroxyl groups is 2. The Bertz CT molecular complexity index is 266. The lowest BCUT2D eigenvalue weighted by Gasteiger charge is -2.35. The van der Waals surface area contributed by atoms with Crippen LogP contribution in [0, 0.1) is 0 Å². The number of hydrogen-bond acceptors (Lipinski definition) is 4. The van der Waals surface area contributed by atoms with Gasteiger partial charge in [0.2, 0.25) is 5.91 Å². The first kappa shape index (κ1) is 11.8. The third kappa shape index (κ3) is 2.07. The van der Waals surface area contributed by atoms with Crippen molar-refractivity contribution in [3.05, 3.63) is 0 Å². The molecule has 5 nitrogen and oxygen atoms in total. The van der Waals surface area contributed by atoms with Crippen molar-refractivity contribution >= 4 is 5.91 Å². The number of amides is 1. The Morgan fingerprint density at radius 2 is 1.62 bits per heavy atom. The van der Waals surface area contributed by atoms with Crippen LogP contribution in [0.3, 0.4) is 0 Å². The lowest BCUT2D eigenvalue weighted by molar-refractivity contribution is -0.137. The van der Waals surface area contributed by atoms with Crippen LogP contribution in [0.25, 0.3) is 0 Å². The zero-order valence-electron chi connectivity index (χ0n) is 9.43. The Balaban J connectivity index is 2.01.